The van der Waals surface area contributed by atoms with E-state index in [4.69, 9.17) is 0 Å². The van der Waals surface area contributed by atoms with Gasteiger partial charge in [-0.1, -0.05) is 72.8 Å². The Morgan fingerprint density at radius 2 is 0.812 bits per heavy atom. The van der Waals surface area contributed by atoms with Gasteiger partial charge in [-0.05, 0) is 11.1 Å². The SMILES string of the molecule is C(=C/c1ccccc1)/c1ccccc1.N.N. The summed E-state index contributed by atoms with van der Waals surface area (Å²) in [5.41, 5.74) is 2.47. The van der Waals surface area contributed by atoms with E-state index in [0.717, 1.165) is 0 Å². The lowest BCUT2D eigenvalue weighted by atomic mass is 10.1. The van der Waals surface area contributed by atoms with Crippen molar-refractivity contribution in [1.82, 2.24) is 12.3 Å². The van der Waals surface area contributed by atoms with E-state index in [2.05, 4.69) is 36.4 Å². The minimum absolute atomic E-state index is 0. The Balaban J connectivity index is 0.00000112. The molecule has 0 radical (unpaired) electrons. The van der Waals surface area contributed by atoms with E-state index < -0.39 is 0 Å². The van der Waals surface area contributed by atoms with Crippen molar-refractivity contribution in [2.75, 3.05) is 0 Å². The summed E-state index contributed by atoms with van der Waals surface area (Å²) in [6.07, 6.45) is 4.24. The molecular weight excluding hydrogens is 196 g/mol. The molecule has 0 aliphatic rings. The van der Waals surface area contributed by atoms with Crippen LogP contribution in [0.4, 0.5) is 0 Å². The van der Waals surface area contributed by atoms with Gasteiger partial charge < -0.3 is 12.3 Å². The van der Waals surface area contributed by atoms with E-state index in [0.29, 0.717) is 0 Å². The van der Waals surface area contributed by atoms with Gasteiger partial charge in [0.1, 0.15) is 0 Å². The van der Waals surface area contributed by atoms with Crippen molar-refractivity contribution in [3.63, 3.8) is 0 Å². The summed E-state index contributed by atoms with van der Waals surface area (Å²) in [5.74, 6) is 0. The van der Waals surface area contributed by atoms with Crippen LogP contribution in [0.5, 0.6) is 0 Å². The average Bonchev–Trinajstić information content (AvgIpc) is 2.29. The van der Waals surface area contributed by atoms with Crippen molar-refractivity contribution in [3.8, 4) is 0 Å². The largest absolute Gasteiger partial charge is 0.344 e. The van der Waals surface area contributed by atoms with Crippen LogP contribution in [0.3, 0.4) is 0 Å². The first-order chi connectivity index (χ1) is 6.95. The van der Waals surface area contributed by atoms with Crippen molar-refractivity contribution < 1.29 is 0 Å². The predicted octanol–water partition coefficient (Wildman–Crippen LogP) is 4.18. The van der Waals surface area contributed by atoms with E-state index >= 15 is 0 Å². The van der Waals surface area contributed by atoms with E-state index in [9.17, 15) is 0 Å². The lowest BCUT2D eigenvalue weighted by Crippen LogP contribution is -1.70. The van der Waals surface area contributed by atoms with Gasteiger partial charge in [-0.2, -0.15) is 0 Å². The average molecular weight is 214 g/mol. The Kier molecular flexibility index (Phi) is 6.52. The van der Waals surface area contributed by atoms with Gasteiger partial charge in [0.2, 0.25) is 0 Å². The molecule has 0 aromatic heterocycles. The molecule has 2 heteroatoms. The van der Waals surface area contributed by atoms with Crippen molar-refractivity contribution in [3.05, 3.63) is 71.8 Å². The zero-order valence-electron chi connectivity index (χ0n) is 9.34. The van der Waals surface area contributed by atoms with Crippen LogP contribution >= 0.6 is 0 Å². The molecule has 2 rings (SSSR count). The lowest BCUT2D eigenvalue weighted by molar-refractivity contribution is 1.65. The molecule has 84 valence electrons. The van der Waals surface area contributed by atoms with Gasteiger partial charge in [0.05, 0.1) is 0 Å². The monoisotopic (exact) mass is 214 g/mol. The fourth-order valence-corrected chi connectivity index (χ4v) is 1.32. The van der Waals surface area contributed by atoms with Crippen LogP contribution < -0.4 is 12.3 Å². The standard InChI is InChI=1S/C14H12.2H3N/c1-3-7-13(8-4-1)11-12-14-9-5-2-6-10-14;;/h1-12H;2*1H3/b12-11-;;. The van der Waals surface area contributed by atoms with Gasteiger partial charge in [0, 0.05) is 0 Å². The molecule has 2 aromatic carbocycles. The molecule has 0 bridgehead atoms. The molecule has 6 N–H and O–H groups in total. The maximum absolute atomic E-state index is 2.12. The molecule has 0 spiro atoms. The second-order valence-corrected chi connectivity index (χ2v) is 3.15. The number of hydrogen-bond donors (Lipinski definition) is 2. The van der Waals surface area contributed by atoms with E-state index in [1.807, 2.05) is 36.4 Å². The third-order valence-corrected chi connectivity index (χ3v) is 2.07. The van der Waals surface area contributed by atoms with Crippen molar-refractivity contribution in [1.29, 1.82) is 0 Å². The number of benzene rings is 2. The second-order valence-electron chi connectivity index (χ2n) is 3.15. The van der Waals surface area contributed by atoms with Gasteiger partial charge >= 0.3 is 0 Å². The summed E-state index contributed by atoms with van der Waals surface area (Å²) in [5, 5.41) is 0. The highest BCUT2D eigenvalue weighted by molar-refractivity contribution is 5.69. The van der Waals surface area contributed by atoms with Crippen LogP contribution in [-0.4, -0.2) is 0 Å². The van der Waals surface area contributed by atoms with Gasteiger partial charge in [-0.25, -0.2) is 0 Å². The van der Waals surface area contributed by atoms with Crippen LogP contribution in [0.25, 0.3) is 12.2 Å². The third-order valence-electron chi connectivity index (χ3n) is 2.07. The second kappa shape index (κ2) is 7.40. The predicted molar refractivity (Wildman–Crippen MR) is 71.9 cm³/mol. The van der Waals surface area contributed by atoms with Crippen molar-refractivity contribution in [2.24, 2.45) is 0 Å². The Hall–Kier alpha value is -1.90. The summed E-state index contributed by atoms with van der Waals surface area (Å²) in [4.78, 5) is 0. The molecule has 0 unspecified atom stereocenters. The molecule has 0 aliphatic carbocycles. The van der Waals surface area contributed by atoms with E-state index in [1.165, 1.54) is 11.1 Å². The normalized spacial score (nSPS) is 9.25. The molecular formula is C14H18N2. The van der Waals surface area contributed by atoms with Crippen LogP contribution in [0.2, 0.25) is 0 Å². The highest BCUT2D eigenvalue weighted by Crippen LogP contribution is 2.06. The highest BCUT2D eigenvalue weighted by Gasteiger charge is 1.84. The molecule has 2 aromatic rings. The Morgan fingerprint density at radius 3 is 1.12 bits per heavy atom. The van der Waals surface area contributed by atoms with Gasteiger partial charge in [-0.15, -0.1) is 0 Å². The van der Waals surface area contributed by atoms with E-state index in [1.54, 1.807) is 0 Å². The molecule has 0 fully saturated rings. The zero-order valence-corrected chi connectivity index (χ0v) is 9.34. The summed E-state index contributed by atoms with van der Waals surface area (Å²) >= 11 is 0. The first-order valence-electron chi connectivity index (χ1n) is 4.73. The number of rotatable bonds is 2. The molecule has 0 atom stereocenters. The van der Waals surface area contributed by atoms with Crippen molar-refractivity contribution in [2.45, 2.75) is 0 Å². The highest BCUT2D eigenvalue weighted by atomic mass is 14.0. The molecule has 0 saturated heterocycles. The van der Waals surface area contributed by atoms with Gasteiger partial charge in [0.15, 0.2) is 0 Å². The zero-order chi connectivity index (χ0) is 9.64. The lowest BCUT2D eigenvalue weighted by Gasteiger charge is -1.92. The maximum atomic E-state index is 2.12. The van der Waals surface area contributed by atoms with Crippen LogP contribution in [0.15, 0.2) is 60.7 Å². The molecule has 0 saturated carbocycles. The number of hydrogen-bond acceptors (Lipinski definition) is 2. The van der Waals surface area contributed by atoms with Gasteiger partial charge in [-0.3, -0.25) is 0 Å². The smallest absolute Gasteiger partial charge is 0.0256 e. The minimum atomic E-state index is 0. The van der Waals surface area contributed by atoms with Crippen LogP contribution in [-0.2, 0) is 0 Å². The maximum Gasteiger partial charge on any atom is -0.0256 e. The molecule has 0 amide bonds. The van der Waals surface area contributed by atoms with Crippen LogP contribution in [0, 0.1) is 0 Å². The minimum Gasteiger partial charge on any atom is -0.344 e. The quantitative estimate of drug-likeness (QED) is 0.736. The fourth-order valence-electron chi connectivity index (χ4n) is 1.32. The van der Waals surface area contributed by atoms with E-state index in [-0.39, 0.29) is 12.3 Å². The summed E-state index contributed by atoms with van der Waals surface area (Å²) in [6.45, 7) is 0. The Bertz CT molecular complexity index is 366. The molecule has 0 aliphatic heterocycles. The molecule has 0 heterocycles. The third kappa shape index (κ3) is 4.09. The molecule has 2 nitrogen and oxygen atoms in total. The topological polar surface area (TPSA) is 70.0 Å². The first kappa shape index (κ1) is 14.1. The van der Waals surface area contributed by atoms with Crippen LogP contribution in [0.1, 0.15) is 11.1 Å². The first-order valence-corrected chi connectivity index (χ1v) is 4.73. The summed E-state index contributed by atoms with van der Waals surface area (Å²) < 4.78 is 0. The Labute approximate surface area is 96.8 Å². The summed E-state index contributed by atoms with van der Waals surface area (Å²) in [6, 6.07) is 20.6. The summed E-state index contributed by atoms with van der Waals surface area (Å²) in [7, 11) is 0. The van der Waals surface area contributed by atoms with Gasteiger partial charge in [0.25, 0.3) is 0 Å². The molecule has 16 heavy (non-hydrogen) atoms. The van der Waals surface area contributed by atoms with Crippen molar-refractivity contribution >= 4 is 12.2 Å². The fraction of sp³-hybridized carbons (Fsp3) is 0. The Morgan fingerprint density at radius 1 is 0.500 bits per heavy atom.